The quantitative estimate of drug-likeness (QED) is 0.429. The molecule has 0 aromatic heterocycles. The molecule has 2 aromatic carbocycles. The van der Waals surface area contributed by atoms with Gasteiger partial charge in [0.2, 0.25) is 0 Å². The minimum Gasteiger partial charge on any atom is -0.162 e. The zero-order valence-electron chi connectivity index (χ0n) is 14.9. The highest BCUT2D eigenvalue weighted by Gasteiger charge is 2.49. The van der Waals surface area contributed by atoms with Gasteiger partial charge in [0.15, 0.2) is 0 Å². The van der Waals surface area contributed by atoms with Crippen LogP contribution in [0.25, 0.3) is 0 Å². The average molecular weight is 375 g/mol. The van der Waals surface area contributed by atoms with Gasteiger partial charge in [0.1, 0.15) is 0 Å². The molecule has 0 N–H and O–H groups in total. The number of hydrazone groups is 2. The van der Waals surface area contributed by atoms with Crippen molar-refractivity contribution in [2.24, 2.45) is 5.10 Å². The summed E-state index contributed by atoms with van der Waals surface area (Å²) in [4.78, 5) is 1.97. The molecular formula is C20H22Cl2N3+. The van der Waals surface area contributed by atoms with E-state index in [1.807, 2.05) is 55.2 Å². The molecule has 0 bridgehead atoms. The van der Waals surface area contributed by atoms with E-state index >= 15 is 0 Å². The molecular weight excluding hydrogens is 353 g/mol. The minimum absolute atomic E-state index is 0.228. The van der Waals surface area contributed by atoms with Gasteiger partial charge < -0.3 is 0 Å². The van der Waals surface area contributed by atoms with Crippen LogP contribution in [0.2, 0.25) is 10.0 Å². The van der Waals surface area contributed by atoms with E-state index in [9.17, 15) is 0 Å². The summed E-state index contributed by atoms with van der Waals surface area (Å²) in [5.74, 6) is 0. The standard InChI is InChI=1S/C20H22Cl2N3/c1-5-23-25(24(3)4)19-18-11-10-17(22)12-14(18)13-20(19,2)15-6-8-16(21)9-7-15/h5-12H,13H2,1-4H3/q+1. The lowest BCUT2D eigenvalue weighted by Crippen LogP contribution is -2.40. The Morgan fingerprint density at radius 1 is 1.08 bits per heavy atom. The molecule has 3 rings (SSSR count). The lowest BCUT2D eigenvalue weighted by atomic mass is 9.78. The van der Waals surface area contributed by atoms with Crippen LogP contribution in [-0.4, -0.2) is 35.8 Å². The maximum absolute atomic E-state index is 6.25. The third kappa shape index (κ3) is 3.19. The summed E-state index contributed by atoms with van der Waals surface area (Å²) < 4.78 is 0. The second kappa shape index (κ2) is 6.81. The highest BCUT2D eigenvalue weighted by molar-refractivity contribution is 6.31. The van der Waals surface area contributed by atoms with Gasteiger partial charge in [-0.15, -0.1) is 0 Å². The Morgan fingerprint density at radius 2 is 1.72 bits per heavy atom. The van der Waals surface area contributed by atoms with Crippen molar-refractivity contribution in [2.75, 3.05) is 14.1 Å². The third-order valence-corrected chi connectivity index (χ3v) is 5.16. The SMILES string of the molecule is CC=N[N+](=C1c2ccc(Cl)cc2CC1(C)c1ccc(Cl)cc1)N(C)C. The van der Waals surface area contributed by atoms with Gasteiger partial charge in [0.05, 0.1) is 31.3 Å². The highest BCUT2D eigenvalue weighted by Crippen LogP contribution is 2.41. The summed E-state index contributed by atoms with van der Waals surface area (Å²) in [7, 11) is 3.99. The van der Waals surface area contributed by atoms with Gasteiger partial charge >= 0.3 is 0 Å². The smallest absolute Gasteiger partial charge is 0.162 e. The van der Waals surface area contributed by atoms with Gasteiger partial charge in [0.25, 0.3) is 5.71 Å². The molecule has 0 heterocycles. The fraction of sp³-hybridized carbons (Fsp3) is 0.300. The number of halogens is 2. The number of rotatable bonds is 3. The van der Waals surface area contributed by atoms with Crippen LogP contribution in [0.1, 0.15) is 30.5 Å². The second-order valence-corrected chi connectivity index (χ2v) is 7.55. The van der Waals surface area contributed by atoms with E-state index in [0.717, 1.165) is 22.2 Å². The van der Waals surface area contributed by atoms with Gasteiger partial charge in [-0.3, -0.25) is 0 Å². The molecule has 2 aromatic rings. The monoisotopic (exact) mass is 374 g/mol. The topological polar surface area (TPSA) is 18.6 Å². The van der Waals surface area contributed by atoms with Crippen molar-refractivity contribution in [1.82, 2.24) is 5.01 Å². The van der Waals surface area contributed by atoms with Crippen molar-refractivity contribution >= 4 is 35.1 Å². The number of hydrogen-bond donors (Lipinski definition) is 0. The van der Waals surface area contributed by atoms with E-state index in [-0.39, 0.29) is 5.41 Å². The Balaban J connectivity index is 2.31. The van der Waals surface area contributed by atoms with Crippen molar-refractivity contribution < 1.29 is 4.79 Å². The number of fused-ring (bicyclic) bond motifs is 1. The Kier molecular flexibility index (Phi) is 4.90. The molecule has 3 nitrogen and oxygen atoms in total. The summed E-state index contributed by atoms with van der Waals surface area (Å²) in [6.07, 6.45) is 2.67. The summed E-state index contributed by atoms with van der Waals surface area (Å²) in [5, 5.41) is 8.09. The maximum Gasteiger partial charge on any atom is 0.260 e. The Bertz CT molecular complexity index is 854. The minimum atomic E-state index is -0.228. The molecule has 5 heteroatoms. The first-order valence-corrected chi connectivity index (χ1v) is 9.00. The predicted molar refractivity (Wildman–Crippen MR) is 106 cm³/mol. The normalized spacial score (nSPS) is 21.5. The van der Waals surface area contributed by atoms with Crippen LogP contribution in [0.15, 0.2) is 47.6 Å². The van der Waals surface area contributed by atoms with Crippen LogP contribution >= 0.6 is 23.2 Å². The van der Waals surface area contributed by atoms with Crippen LogP contribution < -0.4 is 0 Å². The van der Waals surface area contributed by atoms with Gasteiger partial charge in [-0.05, 0) is 61.7 Å². The average Bonchev–Trinajstić information content (AvgIpc) is 2.85. The summed E-state index contributed by atoms with van der Waals surface area (Å²) in [6, 6.07) is 14.2. The van der Waals surface area contributed by atoms with Crippen molar-refractivity contribution in [1.29, 1.82) is 0 Å². The fourth-order valence-corrected chi connectivity index (χ4v) is 3.88. The number of nitrogens with zero attached hydrogens (tertiary/aromatic N) is 3. The number of hydrogen-bond acceptors (Lipinski definition) is 2. The molecule has 1 unspecified atom stereocenters. The van der Waals surface area contributed by atoms with Crippen LogP contribution in [0.4, 0.5) is 0 Å². The van der Waals surface area contributed by atoms with Crippen molar-refractivity contribution in [2.45, 2.75) is 25.7 Å². The molecule has 1 aliphatic carbocycles. The molecule has 0 aliphatic heterocycles. The van der Waals surface area contributed by atoms with Crippen LogP contribution in [0.5, 0.6) is 0 Å². The van der Waals surface area contributed by atoms with E-state index < -0.39 is 0 Å². The van der Waals surface area contributed by atoms with Gasteiger partial charge in [-0.25, -0.2) is 0 Å². The number of benzene rings is 2. The third-order valence-electron chi connectivity index (χ3n) is 4.67. The van der Waals surface area contributed by atoms with Crippen LogP contribution in [0.3, 0.4) is 0 Å². The van der Waals surface area contributed by atoms with E-state index in [0.29, 0.717) is 0 Å². The Morgan fingerprint density at radius 3 is 2.32 bits per heavy atom. The molecule has 0 radical (unpaired) electrons. The van der Waals surface area contributed by atoms with Crippen LogP contribution in [-0.2, 0) is 11.8 Å². The fourth-order valence-electron chi connectivity index (χ4n) is 3.56. The lowest BCUT2D eigenvalue weighted by molar-refractivity contribution is -0.684. The van der Waals surface area contributed by atoms with Gasteiger partial charge in [-0.2, -0.15) is 5.01 Å². The first-order chi connectivity index (χ1) is 11.9. The van der Waals surface area contributed by atoms with E-state index in [2.05, 4.69) is 36.3 Å². The summed E-state index contributed by atoms with van der Waals surface area (Å²) in [5.41, 5.74) is 4.54. The number of hydrazine groups is 1. The van der Waals surface area contributed by atoms with E-state index in [4.69, 9.17) is 23.2 Å². The second-order valence-electron chi connectivity index (χ2n) is 6.68. The van der Waals surface area contributed by atoms with Crippen molar-refractivity contribution in [3.8, 4) is 0 Å². The van der Waals surface area contributed by atoms with Gasteiger partial charge in [0, 0.05) is 19.9 Å². The molecule has 0 amide bonds. The van der Waals surface area contributed by atoms with Gasteiger partial charge in [-0.1, -0.05) is 35.3 Å². The molecule has 1 aliphatic rings. The van der Waals surface area contributed by atoms with Crippen molar-refractivity contribution in [3.63, 3.8) is 0 Å². The first-order valence-electron chi connectivity index (χ1n) is 8.25. The van der Waals surface area contributed by atoms with Crippen molar-refractivity contribution in [3.05, 3.63) is 69.2 Å². The Labute approximate surface area is 159 Å². The summed E-state index contributed by atoms with van der Waals surface area (Å²) >= 11 is 12.4. The molecule has 130 valence electrons. The zero-order chi connectivity index (χ0) is 18.2. The lowest BCUT2D eigenvalue weighted by Gasteiger charge is -2.23. The molecule has 0 fully saturated rings. The largest absolute Gasteiger partial charge is 0.260 e. The van der Waals surface area contributed by atoms with Crippen LogP contribution in [0, 0.1) is 0 Å². The molecule has 0 saturated heterocycles. The van der Waals surface area contributed by atoms with E-state index in [1.165, 1.54) is 16.7 Å². The maximum atomic E-state index is 6.25. The molecule has 1 atom stereocenters. The highest BCUT2D eigenvalue weighted by atomic mass is 35.5. The first kappa shape index (κ1) is 18.0. The molecule has 0 spiro atoms. The molecule has 0 saturated carbocycles. The molecule has 25 heavy (non-hydrogen) atoms. The summed E-state index contributed by atoms with van der Waals surface area (Å²) in [6.45, 7) is 4.18. The Hall–Kier alpha value is -1.84. The zero-order valence-corrected chi connectivity index (χ0v) is 16.4. The predicted octanol–water partition coefficient (Wildman–Crippen LogP) is 4.79. The van der Waals surface area contributed by atoms with E-state index in [1.54, 1.807) is 0 Å².